The molecule has 0 spiro atoms. The van der Waals surface area contributed by atoms with Crippen LogP contribution in [0.25, 0.3) is 0 Å². The molecule has 0 heterocycles. The molecule has 1 aromatic carbocycles. The molecular weight excluding hydrogens is 172 g/mol. The zero-order valence-corrected chi connectivity index (χ0v) is 8.70. The minimum absolute atomic E-state index is 0.0971. The van der Waals surface area contributed by atoms with Crippen LogP contribution >= 0.6 is 0 Å². The molecule has 1 rings (SSSR count). The number of rotatable bonds is 4. The Hall–Kier alpha value is -1.33. The van der Waals surface area contributed by atoms with Crippen LogP contribution in [0.2, 0.25) is 0 Å². The Morgan fingerprint density at radius 2 is 2.00 bits per heavy atom. The maximum absolute atomic E-state index is 8.71. The summed E-state index contributed by atoms with van der Waals surface area (Å²) in [7, 11) is 0. The highest BCUT2D eigenvalue weighted by Crippen LogP contribution is 2.16. The van der Waals surface area contributed by atoms with Crippen molar-refractivity contribution >= 4 is 0 Å². The van der Waals surface area contributed by atoms with Gasteiger partial charge in [0.25, 0.3) is 0 Å². The lowest BCUT2D eigenvalue weighted by Gasteiger charge is -2.18. The van der Waals surface area contributed by atoms with E-state index >= 15 is 0 Å². The van der Waals surface area contributed by atoms with E-state index < -0.39 is 0 Å². The molecule has 2 unspecified atom stereocenters. The third-order valence-electron chi connectivity index (χ3n) is 2.26. The average Bonchev–Trinajstić information content (AvgIpc) is 2.26. The Balaban J connectivity index is 2.69. The second kappa shape index (κ2) is 5.41. The lowest BCUT2D eigenvalue weighted by Crippen LogP contribution is -2.28. The SMILES string of the molecule is CCC(NC(C)C#N)c1ccccc1. The molecule has 0 aliphatic rings. The van der Waals surface area contributed by atoms with E-state index in [9.17, 15) is 0 Å². The first-order valence-electron chi connectivity index (χ1n) is 4.98. The zero-order chi connectivity index (χ0) is 10.4. The minimum Gasteiger partial charge on any atom is -0.295 e. The van der Waals surface area contributed by atoms with Crippen molar-refractivity contribution in [3.8, 4) is 6.07 Å². The topological polar surface area (TPSA) is 35.8 Å². The summed E-state index contributed by atoms with van der Waals surface area (Å²) in [6, 6.07) is 12.6. The highest BCUT2D eigenvalue weighted by molar-refractivity contribution is 5.19. The maximum atomic E-state index is 8.71. The lowest BCUT2D eigenvalue weighted by atomic mass is 10.0. The Morgan fingerprint density at radius 3 is 2.50 bits per heavy atom. The van der Waals surface area contributed by atoms with Crippen LogP contribution in [-0.2, 0) is 0 Å². The fraction of sp³-hybridized carbons (Fsp3) is 0.417. The van der Waals surface area contributed by atoms with E-state index in [1.54, 1.807) is 0 Å². The second-order valence-electron chi connectivity index (χ2n) is 3.39. The molecule has 0 aliphatic heterocycles. The largest absolute Gasteiger partial charge is 0.295 e. The number of hydrogen-bond acceptors (Lipinski definition) is 2. The summed E-state index contributed by atoms with van der Waals surface area (Å²) in [5.74, 6) is 0. The maximum Gasteiger partial charge on any atom is 0.0929 e. The number of nitrogens with one attached hydrogen (secondary N) is 1. The van der Waals surface area contributed by atoms with Crippen LogP contribution in [0.3, 0.4) is 0 Å². The summed E-state index contributed by atoms with van der Waals surface area (Å²) in [6.07, 6.45) is 0.996. The van der Waals surface area contributed by atoms with E-state index in [0.29, 0.717) is 0 Å². The van der Waals surface area contributed by atoms with Gasteiger partial charge in [-0.15, -0.1) is 0 Å². The smallest absolute Gasteiger partial charge is 0.0929 e. The van der Waals surface area contributed by atoms with Crippen LogP contribution < -0.4 is 5.32 Å². The first kappa shape index (κ1) is 10.7. The van der Waals surface area contributed by atoms with Gasteiger partial charge < -0.3 is 0 Å². The van der Waals surface area contributed by atoms with Gasteiger partial charge in [0.1, 0.15) is 0 Å². The van der Waals surface area contributed by atoms with Crippen molar-refractivity contribution in [1.82, 2.24) is 5.32 Å². The van der Waals surface area contributed by atoms with Crippen LogP contribution in [0.1, 0.15) is 31.9 Å². The molecular formula is C12H16N2. The first-order valence-corrected chi connectivity index (χ1v) is 4.98. The Bertz CT molecular complexity index is 300. The molecule has 1 aromatic rings. The van der Waals surface area contributed by atoms with Crippen molar-refractivity contribution in [3.05, 3.63) is 35.9 Å². The molecule has 0 saturated carbocycles. The van der Waals surface area contributed by atoms with Crippen LogP contribution in [0.15, 0.2) is 30.3 Å². The molecule has 2 nitrogen and oxygen atoms in total. The summed E-state index contributed by atoms with van der Waals surface area (Å²) in [5, 5.41) is 12.0. The van der Waals surface area contributed by atoms with E-state index in [4.69, 9.17) is 5.26 Å². The molecule has 0 amide bonds. The van der Waals surface area contributed by atoms with Gasteiger partial charge in [-0.1, -0.05) is 37.3 Å². The minimum atomic E-state index is -0.0971. The van der Waals surface area contributed by atoms with E-state index in [-0.39, 0.29) is 12.1 Å². The molecule has 0 fully saturated rings. The van der Waals surface area contributed by atoms with Gasteiger partial charge in [0.15, 0.2) is 0 Å². The van der Waals surface area contributed by atoms with Crippen LogP contribution in [-0.4, -0.2) is 6.04 Å². The number of benzene rings is 1. The molecule has 0 saturated heterocycles. The molecule has 0 radical (unpaired) electrons. The second-order valence-corrected chi connectivity index (χ2v) is 3.39. The van der Waals surface area contributed by atoms with E-state index in [1.807, 2.05) is 25.1 Å². The fourth-order valence-corrected chi connectivity index (χ4v) is 1.47. The van der Waals surface area contributed by atoms with Crippen LogP contribution in [0, 0.1) is 11.3 Å². The van der Waals surface area contributed by atoms with Crippen LogP contribution in [0.5, 0.6) is 0 Å². The van der Waals surface area contributed by atoms with Crippen molar-refractivity contribution in [1.29, 1.82) is 5.26 Å². The van der Waals surface area contributed by atoms with Crippen molar-refractivity contribution in [3.63, 3.8) is 0 Å². The highest BCUT2D eigenvalue weighted by Gasteiger charge is 2.10. The molecule has 0 aliphatic carbocycles. The molecule has 0 aromatic heterocycles. The zero-order valence-electron chi connectivity index (χ0n) is 8.70. The monoisotopic (exact) mass is 188 g/mol. The highest BCUT2D eigenvalue weighted by atomic mass is 14.9. The molecule has 2 heteroatoms. The van der Waals surface area contributed by atoms with E-state index in [2.05, 4.69) is 30.4 Å². The third-order valence-corrected chi connectivity index (χ3v) is 2.26. The molecule has 2 atom stereocenters. The number of nitriles is 1. The Kier molecular flexibility index (Phi) is 4.15. The summed E-state index contributed by atoms with van der Waals surface area (Å²) >= 11 is 0. The van der Waals surface area contributed by atoms with Gasteiger partial charge in [0.2, 0.25) is 0 Å². The molecule has 0 bridgehead atoms. The summed E-state index contributed by atoms with van der Waals surface area (Å²) in [6.45, 7) is 4.00. The molecule has 14 heavy (non-hydrogen) atoms. The normalized spacial score (nSPS) is 14.4. The van der Waals surface area contributed by atoms with E-state index in [1.165, 1.54) is 5.56 Å². The summed E-state index contributed by atoms with van der Waals surface area (Å²) < 4.78 is 0. The van der Waals surface area contributed by atoms with Gasteiger partial charge in [-0.2, -0.15) is 5.26 Å². The lowest BCUT2D eigenvalue weighted by molar-refractivity contribution is 0.495. The average molecular weight is 188 g/mol. The van der Waals surface area contributed by atoms with Crippen molar-refractivity contribution in [2.24, 2.45) is 0 Å². The Labute approximate surface area is 85.6 Å². The summed E-state index contributed by atoms with van der Waals surface area (Å²) in [4.78, 5) is 0. The quantitative estimate of drug-likeness (QED) is 0.788. The Morgan fingerprint density at radius 1 is 1.36 bits per heavy atom. The summed E-state index contributed by atoms with van der Waals surface area (Å²) in [5.41, 5.74) is 1.25. The van der Waals surface area contributed by atoms with Crippen molar-refractivity contribution < 1.29 is 0 Å². The number of hydrogen-bond donors (Lipinski definition) is 1. The van der Waals surface area contributed by atoms with Gasteiger partial charge in [-0.05, 0) is 18.9 Å². The van der Waals surface area contributed by atoms with Crippen LogP contribution in [0.4, 0.5) is 0 Å². The predicted octanol–water partition coefficient (Wildman–Crippen LogP) is 2.64. The van der Waals surface area contributed by atoms with E-state index in [0.717, 1.165) is 6.42 Å². The molecule has 1 N–H and O–H groups in total. The van der Waals surface area contributed by atoms with Gasteiger partial charge in [-0.25, -0.2) is 0 Å². The standard InChI is InChI=1S/C12H16N2/c1-3-12(14-10(2)9-13)11-7-5-4-6-8-11/h4-8,10,12,14H,3H2,1-2H3. The van der Waals surface area contributed by atoms with Crippen molar-refractivity contribution in [2.45, 2.75) is 32.4 Å². The fourth-order valence-electron chi connectivity index (χ4n) is 1.47. The number of nitrogens with zero attached hydrogens (tertiary/aromatic N) is 1. The predicted molar refractivity (Wildman–Crippen MR) is 57.7 cm³/mol. The third kappa shape index (κ3) is 2.86. The van der Waals surface area contributed by atoms with Gasteiger partial charge in [0.05, 0.1) is 12.1 Å². The van der Waals surface area contributed by atoms with Gasteiger partial charge in [-0.3, -0.25) is 5.32 Å². The first-order chi connectivity index (χ1) is 6.77. The van der Waals surface area contributed by atoms with Gasteiger partial charge in [0, 0.05) is 6.04 Å². The van der Waals surface area contributed by atoms with Gasteiger partial charge >= 0.3 is 0 Å². The van der Waals surface area contributed by atoms with Crippen molar-refractivity contribution in [2.75, 3.05) is 0 Å². The molecule has 74 valence electrons.